The topological polar surface area (TPSA) is 83.6 Å². The van der Waals surface area contributed by atoms with Gasteiger partial charge in [-0.25, -0.2) is 8.42 Å². The van der Waals surface area contributed by atoms with Crippen LogP contribution in [0.1, 0.15) is 6.92 Å². The molecule has 0 bridgehead atoms. The highest BCUT2D eigenvalue weighted by Crippen LogP contribution is 2.21. The summed E-state index contributed by atoms with van der Waals surface area (Å²) in [6.07, 6.45) is 0. The maximum absolute atomic E-state index is 12.1. The summed E-state index contributed by atoms with van der Waals surface area (Å²) in [5, 5.41) is 8.81. The van der Waals surface area contributed by atoms with Gasteiger partial charge in [-0.2, -0.15) is 4.31 Å². The standard InChI is InChI=1S/C10H16N2O3S/c1-2-12(7-8-13)16(14,15)10-6-4-3-5-9(10)11/h3-6,13H,2,7-8,11H2,1H3. The lowest BCUT2D eigenvalue weighted by atomic mass is 10.3. The second kappa shape index (κ2) is 5.29. The molecule has 1 aromatic carbocycles. The van der Waals surface area contributed by atoms with Gasteiger partial charge in [-0.15, -0.1) is 0 Å². The average molecular weight is 244 g/mol. The number of nitrogens with zero attached hydrogens (tertiary/aromatic N) is 1. The summed E-state index contributed by atoms with van der Waals surface area (Å²) in [7, 11) is -3.60. The Morgan fingerprint density at radius 2 is 2.00 bits per heavy atom. The normalized spacial score (nSPS) is 11.9. The van der Waals surface area contributed by atoms with Crippen molar-refractivity contribution in [2.75, 3.05) is 25.4 Å². The van der Waals surface area contributed by atoms with E-state index < -0.39 is 10.0 Å². The molecule has 1 aromatic rings. The summed E-state index contributed by atoms with van der Waals surface area (Å²) in [5.41, 5.74) is 5.85. The molecule has 1 rings (SSSR count). The zero-order chi connectivity index (χ0) is 12.2. The smallest absolute Gasteiger partial charge is 0.245 e. The molecule has 6 heteroatoms. The Bertz CT molecular complexity index is 445. The highest BCUT2D eigenvalue weighted by atomic mass is 32.2. The van der Waals surface area contributed by atoms with E-state index in [4.69, 9.17) is 10.8 Å². The van der Waals surface area contributed by atoms with E-state index >= 15 is 0 Å². The predicted octanol–water partition coefficient (Wildman–Crippen LogP) is 0.272. The molecule has 0 aliphatic rings. The Morgan fingerprint density at radius 3 is 2.50 bits per heavy atom. The Morgan fingerprint density at radius 1 is 1.38 bits per heavy atom. The maximum atomic E-state index is 12.1. The fraction of sp³-hybridized carbons (Fsp3) is 0.400. The number of hydrogen-bond donors (Lipinski definition) is 2. The highest BCUT2D eigenvalue weighted by molar-refractivity contribution is 7.89. The maximum Gasteiger partial charge on any atom is 0.245 e. The third-order valence-electron chi connectivity index (χ3n) is 2.24. The van der Waals surface area contributed by atoms with Gasteiger partial charge in [0, 0.05) is 13.1 Å². The fourth-order valence-electron chi connectivity index (χ4n) is 1.41. The van der Waals surface area contributed by atoms with Gasteiger partial charge in [-0.05, 0) is 12.1 Å². The second-order valence-corrected chi connectivity index (χ2v) is 5.16. The van der Waals surface area contributed by atoms with Gasteiger partial charge >= 0.3 is 0 Å². The van der Waals surface area contributed by atoms with Gasteiger partial charge in [0.1, 0.15) is 4.90 Å². The molecule has 0 aliphatic carbocycles. The zero-order valence-corrected chi connectivity index (χ0v) is 9.94. The Kier molecular flexibility index (Phi) is 4.28. The van der Waals surface area contributed by atoms with Crippen molar-refractivity contribution in [3.8, 4) is 0 Å². The lowest BCUT2D eigenvalue weighted by Gasteiger charge is -2.20. The molecule has 90 valence electrons. The van der Waals surface area contributed by atoms with Crippen molar-refractivity contribution in [2.45, 2.75) is 11.8 Å². The van der Waals surface area contributed by atoms with Crippen molar-refractivity contribution in [3.63, 3.8) is 0 Å². The molecule has 3 N–H and O–H groups in total. The Balaban J connectivity index is 3.15. The van der Waals surface area contributed by atoms with E-state index in [9.17, 15) is 8.42 Å². The number of sulfonamides is 1. The number of aliphatic hydroxyl groups is 1. The number of nitrogens with two attached hydrogens (primary N) is 1. The molecular weight excluding hydrogens is 228 g/mol. The van der Waals surface area contributed by atoms with Crippen LogP contribution in [0.4, 0.5) is 5.69 Å². The van der Waals surface area contributed by atoms with Gasteiger partial charge in [-0.1, -0.05) is 19.1 Å². The summed E-state index contributed by atoms with van der Waals surface area (Å²) in [6.45, 7) is 1.89. The summed E-state index contributed by atoms with van der Waals surface area (Å²) in [4.78, 5) is 0.0882. The van der Waals surface area contributed by atoms with Crippen molar-refractivity contribution in [1.82, 2.24) is 4.31 Å². The first-order valence-corrected chi connectivity index (χ1v) is 6.43. The van der Waals surface area contributed by atoms with Crippen LogP contribution in [0.5, 0.6) is 0 Å². The molecule has 0 unspecified atom stereocenters. The monoisotopic (exact) mass is 244 g/mol. The van der Waals surface area contributed by atoms with Gasteiger partial charge in [0.2, 0.25) is 10.0 Å². The first-order valence-electron chi connectivity index (χ1n) is 4.99. The quantitative estimate of drug-likeness (QED) is 0.728. The number of benzene rings is 1. The minimum Gasteiger partial charge on any atom is -0.398 e. The van der Waals surface area contributed by atoms with Crippen LogP contribution in [-0.2, 0) is 10.0 Å². The molecule has 0 aliphatic heterocycles. The molecule has 5 nitrogen and oxygen atoms in total. The van der Waals surface area contributed by atoms with Gasteiger partial charge < -0.3 is 10.8 Å². The number of hydrogen-bond acceptors (Lipinski definition) is 4. The van der Waals surface area contributed by atoms with Crippen LogP contribution in [0.3, 0.4) is 0 Å². The third-order valence-corrected chi connectivity index (χ3v) is 4.29. The van der Waals surface area contributed by atoms with Crippen LogP contribution < -0.4 is 5.73 Å². The SMILES string of the molecule is CCN(CCO)S(=O)(=O)c1ccccc1N. The number of likely N-dealkylation sites (N-methyl/N-ethyl adjacent to an activating group) is 1. The molecule has 0 saturated carbocycles. The predicted molar refractivity (Wildman–Crippen MR) is 62.4 cm³/mol. The number of rotatable bonds is 5. The third kappa shape index (κ3) is 2.52. The van der Waals surface area contributed by atoms with E-state index in [1.807, 2.05) is 0 Å². The minimum absolute atomic E-state index is 0.0766. The van der Waals surface area contributed by atoms with Crippen LogP contribution >= 0.6 is 0 Å². The fourth-order valence-corrected chi connectivity index (χ4v) is 2.97. The number of aliphatic hydroxyl groups excluding tert-OH is 1. The highest BCUT2D eigenvalue weighted by Gasteiger charge is 2.24. The van der Waals surface area contributed by atoms with E-state index in [1.165, 1.54) is 10.4 Å². The van der Waals surface area contributed by atoms with E-state index in [0.29, 0.717) is 6.54 Å². The summed E-state index contributed by atoms with van der Waals surface area (Å²) in [5.74, 6) is 0. The largest absolute Gasteiger partial charge is 0.398 e. The Hall–Kier alpha value is -1.11. The van der Waals surface area contributed by atoms with Gasteiger partial charge in [-0.3, -0.25) is 0 Å². The molecular formula is C10H16N2O3S. The first kappa shape index (κ1) is 13.0. The van der Waals surface area contributed by atoms with Crippen molar-refractivity contribution < 1.29 is 13.5 Å². The van der Waals surface area contributed by atoms with Crippen LogP contribution in [-0.4, -0.2) is 37.5 Å². The lowest BCUT2D eigenvalue weighted by molar-refractivity contribution is 0.257. The molecule has 0 aromatic heterocycles. The number of nitrogen functional groups attached to an aromatic ring is 1. The lowest BCUT2D eigenvalue weighted by Crippen LogP contribution is -2.33. The summed E-state index contributed by atoms with van der Waals surface area (Å²) in [6, 6.07) is 6.30. The second-order valence-electron chi connectivity index (χ2n) is 3.26. The van der Waals surface area contributed by atoms with Gasteiger partial charge in [0.15, 0.2) is 0 Å². The van der Waals surface area contributed by atoms with Gasteiger partial charge in [0.25, 0.3) is 0 Å². The first-order chi connectivity index (χ1) is 7.54. The van der Waals surface area contributed by atoms with E-state index in [0.717, 1.165) is 0 Å². The number of anilines is 1. The van der Waals surface area contributed by atoms with Crippen LogP contribution in [0.2, 0.25) is 0 Å². The molecule has 0 fully saturated rings. The molecule has 0 atom stereocenters. The molecule has 0 heterocycles. The van der Waals surface area contributed by atoms with E-state index in [1.54, 1.807) is 25.1 Å². The van der Waals surface area contributed by atoms with E-state index in [2.05, 4.69) is 0 Å². The summed E-state index contributed by atoms with van der Waals surface area (Å²) < 4.78 is 25.4. The van der Waals surface area contributed by atoms with Crippen LogP contribution in [0.25, 0.3) is 0 Å². The van der Waals surface area contributed by atoms with Crippen molar-refractivity contribution in [3.05, 3.63) is 24.3 Å². The van der Waals surface area contributed by atoms with Crippen molar-refractivity contribution in [1.29, 1.82) is 0 Å². The van der Waals surface area contributed by atoms with Gasteiger partial charge in [0.05, 0.1) is 12.3 Å². The molecule has 0 spiro atoms. The van der Waals surface area contributed by atoms with Crippen LogP contribution in [0.15, 0.2) is 29.2 Å². The van der Waals surface area contributed by atoms with Crippen LogP contribution in [0, 0.1) is 0 Å². The molecule has 16 heavy (non-hydrogen) atoms. The summed E-state index contributed by atoms with van der Waals surface area (Å²) >= 11 is 0. The molecule has 0 amide bonds. The Labute approximate surface area is 95.5 Å². The minimum atomic E-state index is -3.60. The zero-order valence-electron chi connectivity index (χ0n) is 9.13. The number of para-hydroxylation sites is 1. The van der Waals surface area contributed by atoms with Crippen molar-refractivity contribution >= 4 is 15.7 Å². The van der Waals surface area contributed by atoms with Crippen molar-refractivity contribution in [2.24, 2.45) is 0 Å². The molecule has 0 saturated heterocycles. The molecule has 0 radical (unpaired) electrons. The average Bonchev–Trinajstić information content (AvgIpc) is 2.26. The van der Waals surface area contributed by atoms with E-state index in [-0.39, 0.29) is 23.7 Å².